The molecule has 1 amide bonds. The van der Waals surface area contributed by atoms with Gasteiger partial charge >= 0.3 is 12.1 Å². The Kier molecular flexibility index (Phi) is 9.63. The normalized spacial score (nSPS) is 17.6. The average Bonchev–Trinajstić information content (AvgIpc) is 3.15. The molecule has 2 aromatic rings. The molecule has 3 rings (SSSR count). The van der Waals surface area contributed by atoms with Gasteiger partial charge in [0.1, 0.15) is 12.6 Å². The number of aliphatic hydroxyl groups is 1. The van der Waals surface area contributed by atoms with Crippen LogP contribution in [0.25, 0.3) is 0 Å². The second-order valence-corrected chi connectivity index (χ2v) is 8.54. The number of aliphatic carboxylic acids is 1. The monoisotopic (exact) mass is 447 g/mol. The third kappa shape index (κ3) is 8.04. The molecule has 2 atom stereocenters. The first-order valence-corrected chi connectivity index (χ1v) is 10.9. The highest BCUT2D eigenvalue weighted by molar-refractivity contribution is 8.21. The third-order valence-electron chi connectivity index (χ3n) is 4.44. The van der Waals surface area contributed by atoms with Gasteiger partial charge in [0.25, 0.3) is 0 Å². The predicted molar refractivity (Wildman–Crippen MR) is 122 cm³/mol. The number of ether oxygens (including phenoxy) is 1. The van der Waals surface area contributed by atoms with E-state index >= 15 is 0 Å². The van der Waals surface area contributed by atoms with Gasteiger partial charge in [-0.25, -0.2) is 9.59 Å². The van der Waals surface area contributed by atoms with Crippen molar-refractivity contribution in [2.24, 2.45) is 5.92 Å². The number of amides is 1. The van der Waals surface area contributed by atoms with Crippen molar-refractivity contribution in [3.63, 3.8) is 0 Å². The van der Waals surface area contributed by atoms with Gasteiger partial charge in [0, 0.05) is 12.3 Å². The van der Waals surface area contributed by atoms with Crippen LogP contribution >= 0.6 is 24.0 Å². The standard InChI is InChI=1S/C14H17NO4.C8H8OS2/c1-10-7-12(13(16)17)15(8-10)14(18)19-9-11-5-3-2-4-6-11;9-8(10)11-6-7-4-2-1-3-5-7/h2-6,10,12H,7-9H2,1H3,(H,16,17);1-5H,6H2,(H,9,10)/t10-,12+;/m1./s1. The molecule has 0 aromatic heterocycles. The van der Waals surface area contributed by atoms with Crippen molar-refractivity contribution in [3.05, 3.63) is 71.8 Å². The van der Waals surface area contributed by atoms with Gasteiger partial charge in [0.05, 0.1) is 0 Å². The molecule has 0 spiro atoms. The van der Waals surface area contributed by atoms with Crippen LogP contribution in [0.5, 0.6) is 0 Å². The van der Waals surface area contributed by atoms with Gasteiger partial charge in [-0.3, -0.25) is 4.90 Å². The fraction of sp³-hybridized carbons (Fsp3) is 0.318. The van der Waals surface area contributed by atoms with E-state index in [0.717, 1.165) is 11.3 Å². The Morgan fingerprint density at radius 2 is 1.63 bits per heavy atom. The van der Waals surface area contributed by atoms with Crippen molar-refractivity contribution in [3.8, 4) is 0 Å². The van der Waals surface area contributed by atoms with Gasteiger partial charge in [-0.1, -0.05) is 79.3 Å². The Morgan fingerprint density at radius 1 is 1.07 bits per heavy atom. The van der Waals surface area contributed by atoms with Crippen LogP contribution in [-0.4, -0.2) is 44.1 Å². The van der Waals surface area contributed by atoms with Crippen molar-refractivity contribution in [1.29, 1.82) is 0 Å². The van der Waals surface area contributed by atoms with Crippen LogP contribution in [0.1, 0.15) is 24.5 Å². The first-order chi connectivity index (χ1) is 14.4. The SMILES string of the molecule is C[C@@H]1C[C@@H](C(=O)O)N(C(=O)OCc2ccccc2)C1.OC(=S)SCc1ccccc1. The molecule has 8 heteroatoms. The zero-order valence-corrected chi connectivity index (χ0v) is 18.3. The molecule has 0 bridgehead atoms. The van der Waals surface area contributed by atoms with Crippen LogP contribution in [0.15, 0.2) is 60.7 Å². The number of rotatable bonds is 5. The molecule has 2 N–H and O–H groups in total. The Hall–Kier alpha value is -2.58. The minimum Gasteiger partial charge on any atom is -0.494 e. The summed E-state index contributed by atoms with van der Waals surface area (Å²) in [6, 6.07) is 18.5. The highest BCUT2D eigenvalue weighted by Gasteiger charge is 2.38. The molecular weight excluding hydrogens is 422 g/mol. The summed E-state index contributed by atoms with van der Waals surface area (Å²) in [5.74, 6) is -0.0395. The molecular formula is C22H25NO5S2. The number of likely N-dealkylation sites (tertiary alicyclic amines) is 1. The summed E-state index contributed by atoms with van der Waals surface area (Å²) < 4.78 is 5.17. The number of carbonyl (C=O) groups is 2. The Labute approximate surface area is 185 Å². The molecule has 160 valence electrons. The predicted octanol–water partition coefficient (Wildman–Crippen LogP) is 4.88. The van der Waals surface area contributed by atoms with Crippen molar-refractivity contribution in [1.82, 2.24) is 4.90 Å². The van der Waals surface area contributed by atoms with E-state index in [-0.39, 0.29) is 16.9 Å². The van der Waals surface area contributed by atoms with E-state index in [1.165, 1.54) is 22.2 Å². The average molecular weight is 448 g/mol. The van der Waals surface area contributed by atoms with E-state index < -0.39 is 18.1 Å². The molecule has 0 saturated carbocycles. The molecule has 1 aliphatic heterocycles. The third-order valence-corrected chi connectivity index (χ3v) is 5.52. The van der Waals surface area contributed by atoms with Gasteiger partial charge in [-0.15, -0.1) is 0 Å². The highest BCUT2D eigenvalue weighted by Crippen LogP contribution is 2.24. The van der Waals surface area contributed by atoms with Gasteiger partial charge in [-0.2, -0.15) is 0 Å². The molecule has 0 unspecified atom stereocenters. The van der Waals surface area contributed by atoms with E-state index in [1.54, 1.807) is 0 Å². The lowest BCUT2D eigenvalue weighted by molar-refractivity contribution is -0.141. The lowest BCUT2D eigenvalue weighted by Gasteiger charge is -2.20. The van der Waals surface area contributed by atoms with Crippen molar-refractivity contribution in [2.45, 2.75) is 31.7 Å². The number of carbonyl (C=O) groups excluding carboxylic acids is 1. The number of benzene rings is 2. The van der Waals surface area contributed by atoms with Crippen LogP contribution in [0, 0.1) is 5.92 Å². The maximum Gasteiger partial charge on any atom is 0.410 e. The minimum absolute atomic E-state index is 0.00820. The second-order valence-electron chi connectivity index (χ2n) is 6.93. The van der Waals surface area contributed by atoms with Crippen LogP contribution in [-0.2, 0) is 21.9 Å². The number of thiocarbonyl (C=S) groups is 1. The van der Waals surface area contributed by atoms with Crippen LogP contribution in [0.3, 0.4) is 0 Å². The Bertz CT molecular complexity index is 832. The molecule has 1 heterocycles. The van der Waals surface area contributed by atoms with E-state index in [9.17, 15) is 9.59 Å². The number of thioether (sulfide) groups is 1. The Morgan fingerprint density at radius 3 is 2.17 bits per heavy atom. The first kappa shape index (κ1) is 23.7. The zero-order chi connectivity index (χ0) is 21.9. The van der Waals surface area contributed by atoms with Crippen LogP contribution in [0.2, 0.25) is 0 Å². The molecule has 0 aliphatic carbocycles. The molecule has 30 heavy (non-hydrogen) atoms. The van der Waals surface area contributed by atoms with E-state index in [2.05, 4.69) is 12.2 Å². The minimum atomic E-state index is -0.971. The fourth-order valence-electron chi connectivity index (χ4n) is 3.00. The number of hydrogen-bond donors (Lipinski definition) is 2. The lowest BCUT2D eigenvalue weighted by Crippen LogP contribution is -2.40. The van der Waals surface area contributed by atoms with E-state index in [0.29, 0.717) is 13.0 Å². The molecule has 1 saturated heterocycles. The summed E-state index contributed by atoms with van der Waals surface area (Å²) in [6.45, 7) is 2.53. The second kappa shape index (κ2) is 12.2. The maximum absolute atomic E-state index is 11.9. The summed E-state index contributed by atoms with van der Waals surface area (Å²) in [6.07, 6.45) is -0.0731. The number of hydrogen-bond acceptors (Lipinski definition) is 5. The summed E-state index contributed by atoms with van der Waals surface area (Å²) in [5, 5.41) is 17.8. The van der Waals surface area contributed by atoms with E-state index in [1.807, 2.05) is 67.6 Å². The zero-order valence-electron chi connectivity index (χ0n) is 16.6. The molecule has 1 fully saturated rings. The van der Waals surface area contributed by atoms with Crippen LogP contribution in [0.4, 0.5) is 4.79 Å². The Balaban J connectivity index is 0.000000248. The number of carboxylic acid groups (broad SMARTS) is 1. The first-order valence-electron chi connectivity index (χ1n) is 9.46. The maximum atomic E-state index is 11.9. The molecule has 6 nitrogen and oxygen atoms in total. The van der Waals surface area contributed by atoms with Gasteiger partial charge in [0.2, 0.25) is 4.38 Å². The lowest BCUT2D eigenvalue weighted by atomic mass is 10.1. The van der Waals surface area contributed by atoms with Crippen molar-refractivity contribution < 1.29 is 24.5 Å². The number of carboxylic acids is 1. The number of nitrogens with zero attached hydrogens (tertiary/aromatic N) is 1. The van der Waals surface area contributed by atoms with Crippen LogP contribution < -0.4 is 0 Å². The van der Waals surface area contributed by atoms with Crippen molar-refractivity contribution in [2.75, 3.05) is 6.54 Å². The van der Waals surface area contributed by atoms with Gasteiger partial charge < -0.3 is 14.9 Å². The summed E-state index contributed by atoms with van der Waals surface area (Å²) in [5.41, 5.74) is 2.06. The molecule has 2 aromatic carbocycles. The smallest absolute Gasteiger partial charge is 0.410 e. The highest BCUT2D eigenvalue weighted by atomic mass is 32.2. The van der Waals surface area contributed by atoms with Gasteiger partial charge in [0.15, 0.2) is 0 Å². The number of aliphatic hydroxyl groups excluding tert-OH is 1. The largest absolute Gasteiger partial charge is 0.494 e. The molecule has 0 radical (unpaired) electrons. The van der Waals surface area contributed by atoms with E-state index in [4.69, 9.17) is 14.9 Å². The molecule has 1 aliphatic rings. The quantitative estimate of drug-likeness (QED) is 0.632. The summed E-state index contributed by atoms with van der Waals surface area (Å²) in [4.78, 5) is 24.3. The van der Waals surface area contributed by atoms with Crippen molar-refractivity contribution >= 4 is 40.4 Å². The van der Waals surface area contributed by atoms with Gasteiger partial charge in [-0.05, 0) is 35.7 Å². The topological polar surface area (TPSA) is 87.1 Å². The summed E-state index contributed by atoms with van der Waals surface area (Å²) in [7, 11) is 0. The summed E-state index contributed by atoms with van der Waals surface area (Å²) >= 11 is 5.78. The fourth-order valence-corrected chi connectivity index (χ4v) is 3.66.